The summed E-state index contributed by atoms with van der Waals surface area (Å²) in [6.07, 6.45) is 2.36. The van der Waals surface area contributed by atoms with Gasteiger partial charge >= 0.3 is 0 Å². The third kappa shape index (κ3) is 1.55. The maximum atomic E-state index is 11.5. The van der Waals surface area contributed by atoms with Crippen molar-refractivity contribution in [1.29, 1.82) is 0 Å². The van der Waals surface area contributed by atoms with Crippen LogP contribution in [0.3, 0.4) is 0 Å². The summed E-state index contributed by atoms with van der Waals surface area (Å²) in [5.74, 6) is -0.301. The van der Waals surface area contributed by atoms with E-state index in [2.05, 4.69) is 0 Å². The van der Waals surface area contributed by atoms with E-state index in [0.717, 1.165) is 12.8 Å². The molecule has 0 radical (unpaired) electrons. The fraction of sp³-hybridized carbons (Fsp3) is 0.857. The fourth-order valence-electron chi connectivity index (χ4n) is 1.73. The SMILES string of the molecule is NS(=O)(=O)C1CCN(C2CC2)C1=O. The molecule has 2 rings (SSSR count). The third-order valence-electron chi connectivity index (χ3n) is 2.57. The van der Waals surface area contributed by atoms with Gasteiger partial charge in [-0.1, -0.05) is 0 Å². The lowest BCUT2D eigenvalue weighted by atomic mass is 10.4. The smallest absolute Gasteiger partial charge is 0.242 e. The molecule has 1 saturated carbocycles. The number of primary sulfonamides is 1. The Hall–Kier alpha value is -0.620. The standard InChI is InChI=1S/C7H12N2O3S/c8-13(11,12)6-3-4-9(7(6)10)5-1-2-5/h5-6H,1-4H2,(H2,8,11,12). The molecule has 1 unspecified atom stereocenters. The monoisotopic (exact) mass is 204 g/mol. The Kier molecular flexibility index (Phi) is 1.85. The third-order valence-corrected chi connectivity index (χ3v) is 3.81. The second-order valence-electron chi connectivity index (χ2n) is 3.63. The van der Waals surface area contributed by atoms with Crippen molar-refractivity contribution >= 4 is 15.9 Å². The second-order valence-corrected chi connectivity index (χ2v) is 5.38. The van der Waals surface area contributed by atoms with Crippen molar-refractivity contribution in [3.63, 3.8) is 0 Å². The molecule has 1 atom stereocenters. The number of likely N-dealkylation sites (tertiary alicyclic amines) is 1. The number of sulfonamides is 1. The van der Waals surface area contributed by atoms with Crippen LogP contribution in [0.15, 0.2) is 0 Å². The second kappa shape index (κ2) is 2.68. The molecule has 1 aliphatic heterocycles. The molecule has 13 heavy (non-hydrogen) atoms. The average Bonchev–Trinajstić information content (AvgIpc) is 2.73. The first-order chi connectivity index (χ1) is 6.00. The first-order valence-corrected chi connectivity index (χ1v) is 5.93. The maximum Gasteiger partial charge on any atom is 0.242 e. The van der Waals surface area contributed by atoms with Crippen molar-refractivity contribution < 1.29 is 13.2 Å². The highest BCUT2D eigenvalue weighted by Gasteiger charge is 2.44. The van der Waals surface area contributed by atoms with Crippen molar-refractivity contribution in [2.24, 2.45) is 5.14 Å². The zero-order valence-electron chi connectivity index (χ0n) is 7.14. The Morgan fingerprint density at radius 2 is 1.92 bits per heavy atom. The van der Waals surface area contributed by atoms with Gasteiger partial charge in [0.15, 0.2) is 5.25 Å². The Morgan fingerprint density at radius 3 is 2.31 bits per heavy atom. The number of carbonyl (C=O) groups is 1. The topological polar surface area (TPSA) is 80.5 Å². The van der Waals surface area contributed by atoms with Crippen LogP contribution in [0.2, 0.25) is 0 Å². The molecule has 0 aromatic heterocycles. The van der Waals surface area contributed by atoms with Crippen LogP contribution in [-0.2, 0) is 14.8 Å². The van der Waals surface area contributed by atoms with E-state index in [0.29, 0.717) is 19.0 Å². The van der Waals surface area contributed by atoms with Crippen molar-refractivity contribution in [2.45, 2.75) is 30.6 Å². The van der Waals surface area contributed by atoms with E-state index in [1.54, 1.807) is 4.90 Å². The molecule has 0 aromatic rings. The quantitative estimate of drug-likeness (QED) is 0.629. The van der Waals surface area contributed by atoms with Crippen LogP contribution >= 0.6 is 0 Å². The maximum absolute atomic E-state index is 11.5. The van der Waals surface area contributed by atoms with Gasteiger partial charge in [-0.25, -0.2) is 13.6 Å². The predicted molar refractivity (Wildman–Crippen MR) is 46.2 cm³/mol. The zero-order chi connectivity index (χ0) is 9.64. The van der Waals surface area contributed by atoms with Crippen molar-refractivity contribution in [3.05, 3.63) is 0 Å². The Morgan fingerprint density at radius 1 is 1.31 bits per heavy atom. The van der Waals surface area contributed by atoms with E-state index in [1.165, 1.54) is 0 Å². The largest absolute Gasteiger partial charge is 0.338 e. The molecule has 2 N–H and O–H groups in total. The summed E-state index contributed by atoms with van der Waals surface area (Å²) >= 11 is 0. The highest BCUT2D eigenvalue weighted by atomic mass is 32.2. The number of amides is 1. The van der Waals surface area contributed by atoms with Crippen LogP contribution < -0.4 is 5.14 Å². The van der Waals surface area contributed by atoms with E-state index in [9.17, 15) is 13.2 Å². The van der Waals surface area contributed by atoms with Gasteiger partial charge in [0, 0.05) is 12.6 Å². The van der Waals surface area contributed by atoms with Gasteiger partial charge in [-0.05, 0) is 19.3 Å². The number of hydrogen-bond donors (Lipinski definition) is 1. The molecule has 1 saturated heterocycles. The molecular formula is C7H12N2O3S. The molecule has 6 heteroatoms. The van der Waals surface area contributed by atoms with E-state index < -0.39 is 15.3 Å². The minimum Gasteiger partial charge on any atom is -0.338 e. The van der Waals surface area contributed by atoms with Crippen LogP contribution in [0, 0.1) is 0 Å². The number of hydrogen-bond acceptors (Lipinski definition) is 3. The van der Waals surface area contributed by atoms with Crippen LogP contribution in [0.1, 0.15) is 19.3 Å². The van der Waals surface area contributed by atoms with Crippen molar-refractivity contribution in [2.75, 3.05) is 6.54 Å². The fourth-order valence-corrected chi connectivity index (χ4v) is 2.58. The number of nitrogens with two attached hydrogens (primary N) is 1. The Balaban J connectivity index is 2.15. The summed E-state index contributed by atoms with van der Waals surface area (Å²) in [7, 11) is -3.68. The molecule has 0 spiro atoms. The number of carbonyl (C=O) groups excluding carboxylic acids is 1. The van der Waals surface area contributed by atoms with Crippen LogP contribution in [-0.4, -0.2) is 37.1 Å². The molecule has 1 heterocycles. The van der Waals surface area contributed by atoms with E-state index in [1.807, 2.05) is 0 Å². The highest BCUT2D eigenvalue weighted by molar-refractivity contribution is 7.90. The van der Waals surface area contributed by atoms with Gasteiger partial charge in [-0.3, -0.25) is 4.79 Å². The Labute approximate surface area is 76.9 Å². The molecule has 2 fully saturated rings. The molecule has 74 valence electrons. The molecule has 0 bridgehead atoms. The van der Waals surface area contributed by atoms with Gasteiger partial charge in [-0.15, -0.1) is 0 Å². The minimum absolute atomic E-state index is 0.291. The lowest BCUT2D eigenvalue weighted by Crippen LogP contribution is -2.38. The predicted octanol–water partition coefficient (Wildman–Crippen LogP) is -0.962. The van der Waals surface area contributed by atoms with Crippen LogP contribution in [0.5, 0.6) is 0 Å². The van der Waals surface area contributed by atoms with Crippen LogP contribution in [0.25, 0.3) is 0 Å². The summed E-state index contributed by atoms with van der Waals surface area (Å²) in [6.45, 7) is 0.546. The minimum atomic E-state index is -3.68. The lowest BCUT2D eigenvalue weighted by Gasteiger charge is -2.14. The Bertz CT molecular complexity index is 334. The van der Waals surface area contributed by atoms with Crippen molar-refractivity contribution in [3.8, 4) is 0 Å². The van der Waals surface area contributed by atoms with Crippen molar-refractivity contribution in [1.82, 2.24) is 4.90 Å². The summed E-state index contributed by atoms with van der Waals surface area (Å²) in [4.78, 5) is 13.1. The highest BCUT2D eigenvalue weighted by Crippen LogP contribution is 2.31. The molecule has 2 aliphatic rings. The normalized spacial score (nSPS) is 29.8. The number of rotatable bonds is 2. The lowest BCUT2D eigenvalue weighted by molar-refractivity contribution is -0.127. The molecule has 1 amide bonds. The first kappa shape index (κ1) is 8.96. The summed E-state index contributed by atoms with van der Waals surface area (Å²) in [6, 6.07) is 0.291. The summed E-state index contributed by atoms with van der Waals surface area (Å²) < 4.78 is 21.9. The summed E-state index contributed by atoms with van der Waals surface area (Å²) in [5.41, 5.74) is 0. The van der Waals surface area contributed by atoms with E-state index in [4.69, 9.17) is 5.14 Å². The first-order valence-electron chi connectivity index (χ1n) is 4.32. The zero-order valence-corrected chi connectivity index (χ0v) is 7.96. The van der Waals surface area contributed by atoms with Gasteiger partial charge in [0.2, 0.25) is 15.9 Å². The van der Waals surface area contributed by atoms with E-state index in [-0.39, 0.29) is 5.91 Å². The van der Waals surface area contributed by atoms with E-state index >= 15 is 0 Å². The molecule has 5 nitrogen and oxygen atoms in total. The molecule has 0 aromatic carbocycles. The molecule has 1 aliphatic carbocycles. The van der Waals surface area contributed by atoms with Gasteiger partial charge in [0.25, 0.3) is 0 Å². The molecular weight excluding hydrogens is 192 g/mol. The van der Waals surface area contributed by atoms with Gasteiger partial charge in [-0.2, -0.15) is 0 Å². The number of nitrogens with zero attached hydrogens (tertiary/aromatic N) is 1. The van der Waals surface area contributed by atoms with Gasteiger partial charge in [0.05, 0.1) is 0 Å². The van der Waals surface area contributed by atoms with Crippen LogP contribution in [0.4, 0.5) is 0 Å². The van der Waals surface area contributed by atoms with Gasteiger partial charge in [0.1, 0.15) is 0 Å². The average molecular weight is 204 g/mol. The van der Waals surface area contributed by atoms with Gasteiger partial charge < -0.3 is 4.90 Å². The summed E-state index contributed by atoms with van der Waals surface area (Å²) in [5, 5.41) is 3.96.